The van der Waals surface area contributed by atoms with Gasteiger partial charge in [0.05, 0.1) is 12.0 Å². The lowest BCUT2D eigenvalue weighted by Gasteiger charge is -2.36. The van der Waals surface area contributed by atoms with E-state index in [4.69, 9.17) is 4.74 Å². The van der Waals surface area contributed by atoms with Gasteiger partial charge in [-0.25, -0.2) is 4.68 Å². The summed E-state index contributed by atoms with van der Waals surface area (Å²) in [4.78, 5) is 42.7. The van der Waals surface area contributed by atoms with E-state index in [1.54, 1.807) is 18.0 Å². The molecule has 3 aromatic rings. The Morgan fingerprint density at radius 2 is 1.62 bits per heavy atom. The maximum atomic E-state index is 14.2. The first kappa shape index (κ1) is 28.6. The van der Waals surface area contributed by atoms with Crippen molar-refractivity contribution in [3.05, 3.63) is 99.5 Å². The number of ketones is 1. The van der Waals surface area contributed by atoms with Gasteiger partial charge < -0.3 is 9.64 Å². The van der Waals surface area contributed by atoms with Crippen LogP contribution in [0.3, 0.4) is 0 Å². The number of aryl methyl sites for hydroxylation is 1. The van der Waals surface area contributed by atoms with Crippen LogP contribution < -0.4 is 5.43 Å². The number of carbonyl (C=O) groups is 2. The number of rotatable bonds is 10. The Labute approximate surface area is 231 Å². The average molecular weight is 546 g/mol. The number of hydrogen-bond donors (Lipinski definition) is 0. The number of benzene rings is 2. The molecule has 1 atom stereocenters. The highest BCUT2D eigenvalue weighted by Gasteiger charge is 2.38. The van der Waals surface area contributed by atoms with Gasteiger partial charge >= 0.3 is 0 Å². The zero-order valence-electron chi connectivity index (χ0n) is 23.4. The highest BCUT2D eigenvalue weighted by molar-refractivity contribution is 6.76. The van der Waals surface area contributed by atoms with E-state index in [9.17, 15) is 14.4 Å². The number of amides is 1. The Morgan fingerprint density at radius 1 is 1.00 bits per heavy atom. The van der Waals surface area contributed by atoms with Gasteiger partial charge in [0.25, 0.3) is 5.91 Å². The Morgan fingerprint density at radius 3 is 2.21 bits per heavy atom. The van der Waals surface area contributed by atoms with Crippen LogP contribution in [0.4, 0.5) is 0 Å². The summed E-state index contributed by atoms with van der Waals surface area (Å²) in [5.74, 6) is -1.03. The molecule has 1 aliphatic rings. The molecule has 2 heterocycles. The van der Waals surface area contributed by atoms with Gasteiger partial charge in [0.2, 0.25) is 5.43 Å². The predicted molar refractivity (Wildman–Crippen MR) is 156 cm³/mol. The van der Waals surface area contributed by atoms with Crippen molar-refractivity contribution >= 4 is 19.8 Å². The van der Waals surface area contributed by atoms with Crippen LogP contribution in [0.2, 0.25) is 25.7 Å². The van der Waals surface area contributed by atoms with Crippen LogP contribution in [-0.2, 0) is 16.3 Å². The van der Waals surface area contributed by atoms with Gasteiger partial charge in [-0.1, -0.05) is 80.3 Å². The van der Waals surface area contributed by atoms with Gasteiger partial charge in [0, 0.05) is 33.0 Å². The zero-order valence-corrected chi connectivity index (χ0v) is 24.4. The average Bonchev–Trinajstić information content (AvgIpc) is 2.93. The van der Waals surface area contributed by atoms with Gasteiger partial charge in [0.15, 0.2) is 11.5 Å². The van der Waals surface area contributed by atoms with E-state index in [0.29, 0.717) is 25.1 Å². The highest BCUT2D eigenvalue weighted by Crippen LogP contribution is 2.31. The van der Waals surface area contributed by atoms with E-state index in [2.05, 4.69) is 24.7 Å². The fourth-order valence-corrected chi connectivity index (χ4v) is 5.78. The van der Waals surface area contributed by atoms with Crippen LogP contribution in [0, 0.1) is 6.92 Å². The van der Waals surface area contributed by atoms with Crippen molar-refractivity contribution in [3.8, 4) is 0 Å². The molecule has 1 fully saturated rings. The third-order valence-electron chi connectivity index (χ3n) is 7.21. The summed E-state index contributed by atoms with van der Waals surface area (Å²) >= 11 is 0. The fourth-order valence-electron chi connectivity index (χ4n) is 5.02. The lowest BCUT2D eigenvalue weighted by atomic mass is 9.82. The predicted octanol–water partition coefficient (Wildman–Crippen LogP) is 5.26. The standard InChI is InChI=1S/C31H39N3O4Si/c1-23-21-33(22-38-19-20-39(2,3)4)32-28(29(23)35)31(37)34-18-12-11-17-26(34)30(36)27(24-13-7-5-8-14-24)25-15-9-6-10-16-25/h5-10,13-16,21,26-27H,11-12,17-20,22H2,1-4H3. The Kier molecular flexibility index (Phi) is 9.30. The third-order valence-corrected chi connectivity index (χ3v) is 8.91. The maximum Gasteiger partial charge on any atom is 0.279 e. The molecule has 2 aromatic carbocycles. The number of likely N-dealkylation sites (tertiary alicyclic amines) is 1. The molecule has 0 bridgehead atoms. The summed E-state index contributed by atoms with van der Waals surface area (Å²) in [6, 6.07) is 19.7. The van der Waals surface area contributed by atoms with E-state index < -0.39 is 31.4 Å². The molecule has 0 aliphatic carbocycles. The zero-order chi connectivity index (χ0) is 28.0. The van der Waals surface area contributed by atoms with Crippen molar-refractivity contribution in [2.24, 2.45) is 0 Å². The number of piperidine rings is 1. The number of aromatic nitrogens is 2. The van der Waals surface area contributed by atoms with Gasteiger partial charge in [0.1, 0.15) is 6.73 Å². The molecule has 1 aromatic heterocycles. The minimum Gasteiger partial charge on any atom is -0.360 e. The Hall–Kier alpha value is -3.36. The number of ether oxygens (including phenoxy) is 1. The summed E-state index contributed by atoms with van der Waals surface area (Å²) in [6.45, 7) is 9.71. The number of Topliss-reactive ketones (excluding diaryl/α,β-unsaturated/α-hetero) is 1. The minimum absolute atomic E-state index is 0.0388. The summed E-state index contributed by atoms with van der Waals surface area (Å²) in [5.41, 5.74) is 1.64. The summed E-state index contributed by atoms with van der Waals surface area (Å²) in [6.07, 6.45) is 3.79. The van der Waals surface area contributed by atoms with Gasteiger partial charge in [-0.3, -0.25) is 14.4 Å². The van der Waals surface area contributed by atoms with Crippen molar-refractivity contribution in [1.29, 1.82) is 0 Å². The molecule has 206 valence electrons. The molecule has 4 rings (SSSR count). The summed E-state index contributed by atoms with van der Waals surface area (Å²) in [5, 5.41) is 4.39. The second-order valence-corrected chi connectivity index (χ2v) is 17.2. The van der Waals surface area contributed by atoms with Crippen molar-refractivity contribution < 1.29 is 14.3 Å². The topological polar surface area (TPSA) is 81.5 Å². The van der Waals surface area contributed by atoms with Gasteiger partial charge in [-0.2, -0.15) is 5.10 Å². The second kappa shape index (κ2) is 12.7. The van der Waals surface area contributed by atoms with Crippen LogP contribution in [0.25, 0.3) is 0 Å². The molecule has 0 radical (unpaired) electrons. The SMILES string of the molecule is Cc1cn(COCC[Si](C)(C)C)nc(C(=O)N2CCCCC2C(=O)C(c2ccccc2)c2ccccc2)c1=O. The monoisotopic (exact) mass is 545 g/mol. The smallest absolute Gasteiger partial charge is 0.279 e. The van der Waals surface area contributed by atoms with E-state index in [1.165, 1.54) is 4.68 Å². The molecule has 0 saturated carbocycles. The number of hydrogen-bond acceptors (Lipinski definition) is 5. The molecule has 0 N–H and O–H groups in total. The molecule has 7 nitrogen and oxygen atoms in total. The molecule has 1 unspecified atom stereocenters. The normalized spacial score (nSPS) is 15.9. The van der Waals surface area contributed by atoms with Crippen molar-refractivity contribution in [2.45, 2.75) is 70.6 Å². The maximum absolute atomic E-state index is 14.2. The first-order valence-electron chi connectivity index (χ1n) is 13.8. The first-order chi connectivity index (χ1) is 18.7. The quantitative estimate of drug-likeness (QED) is 0.256. The summed E-state index contributed by atoms with van der Waals surface area (Å²) in [7, 11) is -1.24. The Balaban J connectivity index is 1.61. The molecule has 0 spiro atoms. The molecular weight excluding hydrogens is 506 g/mol. The molecule has 8 heteroatoms. The lowest BCUT2D eigenvalue weighted by molar-refractivity contribution is -0.125. The number of carbonyl (C=O) groups excluding carboxylic acids is 2. The fraction of sp³-hybridized carbons (Fsp3) is 0.419. The van der Waals surface area contributed by atoms with Crippen LogP contribution in [0.15, 0.2) is 71.7 Å². The molecule has 1 amide bonds. The van der Waals surface area contributed by atoms with E-state index in [0.717, 1.165) is 30.0 Å². The number of nitrogens with zero attached hydrogens (tertiary/aromatic N) is 3. The first-order valence-corrected chi connectivity index (χ1v) is 17.5. The molecule has 1 saturated heterocycles. The van der Waals surface area contributed by atoms with Gasteiger partial charge in [-0.15, -0.1) is 0 Å². The molecule has 1 aliphatic heterocycles. The van der Waals surface area contributed by atoms with Crippen molar-refractivity contribution in [2.75, 3.05) is 13.2 Å². The largest absolute Gasteiger partial charge is 0.360 e. The lowest BCUT2D eigenvalue weighted by Crippen LogP contribution is -2.51. The molecular formula is C31H39N3O4Si. The highest BCUT2D eigenvalue weighted by atomic mass is 28.3. The van der Waals surface area contributed by atoms with Crippen LogP contribution in [0.1, 0.15) is 52.4 Å². The summed E-state index contributed by atoms with van der Waals surface area (Å²) < 4.78 is 7.33. The van der Waals surface area contributed by atoms with E-state index >= 15 is 0 Å². The second-order valence-electron chi connectivity index (χ2n) is 11.5. The van der Waals surface area contributed by atoms with Crippen molar-refractivity contribution in [1.82, 2.24) is 14.7 Å². The van der Waals surface area contributed by atoms with Crippen molar-refractivity contribution in [3.63, 3.8) is 0 Å². The van der Waals surface area contributed by atoms with Gasteiger partial charge in [-0.05, 0) is 43.4 Å². The van der Waals surface area contributed by atoms with Crippen LogP contribution in [0.5, 0.6) is 0 Å². The minimum atomic E-state index is -1.24. The Bertz CT molecular complexity index is 1300. The van der Waals surface area contributed by atoms with E-state index in [-0.39, 0.29) is 18.2 Å². The third kappa shape index (κ3) is 7.19. The van der Waals surface area contributed by atoms with Crippen LogP contribution >= 0.6 is 0 Å². The molecule has 39 heavy (non-hydrogen) atoms. The van der Waals surface area contributed by atoms with Crippen LogP contribution in [-0.4, -0.2) is 53.6 Å². The van der Waals surface area contributed by atoms with E-state index in [1.807, 2.05) is 60.7 Å².